The number of aliphatic hydroxyl groups is 1. The Morgan fingerprint density at radius 2 is 0.985 bits per heavy atom. The van der Waals surface area contributed by atoms with Crippen molar-refractivity contribution in [3.63, 3.8) is 0 Å². The molecule has 0 radical (unpaired) electrons. The molecule has 0 aromatic rings. The minimum absolute atomic E-state index is 0.00169. The van der Waals surface area contributed by atoms with Gasteiger partial charge in [-0.1, -0.05) is 180 Å². The first kappa shape index (κ1) is 66.8. The largest absolute Gasteiger partial charge is 0.466 e. The van der Waals surface area contributed by atoms with Gasteiger partial charge in [-0.2, -0.15) is 0 Å². The molecule has 0 amide bonds. The van der Waals surface area contributed by atoms with Gasteiger partial charge in [0.15, 0.2) is 33.3 Å². The number of aliphatic hydroxyl groups excluding tert-OH is 1. The van der Waals surface area contributed by atoms with E-state index in [9.17, 15) is 9.90 Å². The Bertz CT molecular complexity index is 1620. The van der Waals surface area contributed by atoms with Crippen LogP contribution in [0.1, 0.15) is 150 Å². The fourth-order valence-corrected chi connectivity index (χ4v) is 13.1. The molecule has 1 N–H and O–H groups in total. The molecule has 11 heteroatoms. The second-order valence-electron chi connectivity index (χ2n) is 26.9. The van der Waals surface area contributed by atoms with Gasteiger partial charge >= 0.3 is 5.97 Å². The summed E-state index contributed by atoms with van der Waals surface area (Å²) in [6.07, 6.45) is 20.6. The predicted molar refractivity (Wildman–Crippen MR) is 307 cm³/mol. The van der Waals surface area contributed by atoms with Crippen LogP contribution in [0.5, 0.6) is 0 Å². The molecule has 0 unspecified atom stereocenters. The molecule has 68 heavy (non-hydrogen) atoms. The summed E-state index contributed by atoms with van der Waals surface area (Å²) < 4.78 is 34.2. The van der Waals surface area contributed by atoms with Crippen LogP contribution in [0.4, 0.5) is 0 Å². The van der Waals surface area contributed by atoms with Crippen molar-refractivity contribution in [2.75, 3.05) is 7.11 Å². The highest BCUT2D eigenvalue weighted by Gasteiger charge is 2.45. The SMILES string of the molecule is C=CC=C[C@H](C)[C@H](O)[C@@H](C)[C@H](CC[C@H](C)C[C@H](C)[C@@H](O[Si](C)(C)C(C)(C)C)[C@@H](C)C=C[C@H](C[C@H](O[Si](C)(C)C(C)(C)C)[C@H](C)C=CC=CC(=O)OC)O[Si](C)(C)C(C)(C)C)O[Si](C)(C)C(C)(C)C. The first-order valence-corrected chi connectivity index (χ1v) is 37.9. The lowest BCUT2D eigenvalue weighted by atomic mass is 9.82. The van der Waals surface area contributed by atoms with E-state index < -0.39 is 39.4 Å². The molecule has 398 valence electrons. The topological polar surface area (TPSA) is 83.5 Å². The molecule has 0 aliphatic rings. The Labute approximate surface area is 426 Å². The van der Waals surface area contributed by atoms with Crippen molar-refractivity contribution in [1.82, 2.24) is 0 Å². The van der Waals surface area contributed by atoms with Gasteiger partial charge < -0.3 is 27.5 Å². The first-order valence-electron chi connectivity index (χ1n) is 26.3. The number of carbonyl (C=O) groups is 1. The molecule has 0 spiro atoms. The van der Waals surface area contributed by atoms with Gasteiger partial charge in [-0.3, -0.25) is 0 Å². The number of hydrogen-bond acceptors (Lipinski definition) is 7. The summed E-state index contributed by atoms with van der Waals surface area (Å²) in [6, 6.07) is 0. The van der Waals surface area contributed by atoms with Crippen molar-refractivity contribution in [2.24, 2.45) is 35.5 Å². The molecular formula is C57H112O7Si4. The summed E-state index contributed by atoms with van der Waals surface area (Å²) in [4.78, 5) is 11.8. The minimum atomic E-state index is -2.22. The summed E-state index contributed by atoms with van der Waals surface area (Å²) in [7, 11) is -7.31. The van der Waals surface area contributed by atoms with Crippen LogP contribution in [0.25, 0.3) is 0 Å². The summed E-state index contributed by atoms with van der Waals surface area (Å²) in [5, 5.41) is 11.8. The zero-order valence-corrected chi connectivity index (χ0v) is 53.5. The Kier molecular flexibility index (Phi) is 26.8. The van der Waals surface area contributed by atoms with Crippen LogP contribution in [0.2, 0.25) is 72.5 Å². The summed E-state index contributed by atoms with van der Waals surface area (Å²) >= 11 is 0. The average Bonchev–Trinajstić information content (AvgIpc) is 3.17. The molecule has 0 saturated carbocycles. The quantitative estimate of drug-likeness (QED) is 0.0275. The maximum atomic E-state index is 11.8. The van der Waals surface area contributed by atoms with Gasteiger partial charge in [0.2, 0.25) is 0 Å². The third-order valence-corrected chi connectivity index (χ3v) is 34.6. The number of ether oxygens (including phenoxy) is 1. The molecule has 0 aromatic carbocycles. The van der Waals surface area contributed by atoms with Crippen molar-refractivity contribution in [3.8, 4) is 0 Å². The van der Waals surface area contributed by atoms with Crippen LogP contribution in [0.15, 0.2) is 61.3 Å². The van der Waals surface area contributed by atoms with Crippen molar-refractivity contribution >= 4 is 39.2 Å². The first-order chi connectivity index (χ1) is 30.5. The Morgan fingerprint density at radius 1 is 0.544 bits per heavy atom. The molecule has 0 heterocycles. The Morgan fingerprint density at radius 3 is 1.44 bits per heavy atom. The van der Waals surface area contributed by atoms with E-state index in [1.54, 1.807) is 12.2 Å². The van der Waals surface area contributed by atoms with Crippen LogP contribution in [-0.2, 0) is 27.2 Å². The smallest absolute Gasteiger partial charge is 0.330 e. The van der Waals surface area contributed by atoms with Gasteiger partial charge in [0.1, 0.15) is 0 Å². The van der Waals surface area contributed by atoms with Crippen LogP contribution in [0.3, 0.4) is 0 Å². The van der Waals surface area contributed by atoms with Gasteiger partial charge in [0.25, 0.3) is 0 Å². The molecule has 7 nitrogen and oxygen atoms in total. The van der Waals surface area contributed by atoms with Crippen LogP contribution in [0, 0.1) is 35.5 Å². The maximum Gasteiger partial charge on any atom is 0.330 e. The highest BCUT2D eigenvalue weighted by Crippen LogP contribution is 2.44. The normalized spacial score (nSPS) is 19.5. The van der Waals surface area contributed by atoms with E-state index in [4.69, 9.17) is 22.4 Å². The second kappa shape index (κ2) is 27.2. The van der Waals surface area contributed by atoms with Gasteiger partial charge in [-0.15, -0.1) is 0 Å². The average molecular weight is 1020 g/mol. The van der Waals surface area contributed by atoms with E-state index in [0.29, 0.717) is 18.3 Å². The van der Waals surface area contributed by atoms with Crippen molar-refractivity contribution < 1.29 is 32.3 Å². The van der Waals surface area contributed by atoms with E-state index in [0.717, 1.165) is 19.3 Å². The monoisotopic (exact) mass is 1020 g/mol. The van der Waals surface area contributed by atoms with E-state index in [1.165, 1.54) is 13.2 Å². The zero-order valence-electron chi connectivity index (χ0n) is 49.5. The number of allylic oxidation sites excluding steroid dienone is 4. The van der Waals surface area contributed by atoms with E-state index in [2.05, 4.69) is 208 Å². The maximum absolute atomic E-state index is 11.8. The molecule has 0 aliphatic carbocycles. The predicted octanol–water partition coefficient (Wildman–Crippen LogP) is 16.9. The summed E-state index contributed by atoms with van der Waals surface area (Å²) in [5.74, 6) is 0.527. The lowest BCUT2D eigenvalue weighted by Crippen LogP contribution is -2.48. The van der Waals surface area contributed by atoms with Crippen molar-refractivity contribution in [1.29, 1.82) is 0 Å². The van der Waals surface area contributed by atoms with E-state index >= 15 is 0 Å². The number of rotatable bonds is 28. The van der Waals surface area contributed by atoms with Crippen LogP contribution >= 0.6 is 0 Å². The second-order valence-corrected chi connectivity index (χ2v) is 45.9. The molecule has 0 bridgehead atoms. The fourth-order valence-electron chi connectivity index (χ4n) is 7.49. The zero-order chi connectivity index (χ0) is 53.7. The molecule has 0 aromatic heterocycles. The lowest BCUT2D eigenvalue weighted by molar-refractivity contribution is -0.134. The van der Waals surface area contributed by atoms with E-state index in [-0.39, 0.29) is 74.2 Å². The van der Waals surface area contributed by atoms with Crippen LogP contribution in [-0.4, -0.2) is 82.0 Å². The molecule has 0 fully saturated rings. The van der Waals surface area contributed by atoms with Crippen molar-refractivity contribution in [2.45, 2.75) is 253 Å². The third kappa shape index (κ3) is 21.9. The molecule has 0 rings (SSSR count). The summed E-state index contributed by atoms with van der Waals surface area (Å²) in [6.45, 7) is 64.0. The van der Waals surface area contributed by atoms with E-state index in [1.807, 2.05) is 12.2 Å². The van der Waals surface area contributed by atoms with Gasteiger partial charge in [0, 0.05) is 24.3 Å². The number of esters is 1. The number of hydrogen-bond donors (Lipinski definition) is 1. The number of methoxy groups -OCH3 is 1. The highest BCUT2D eigenvalue weighted by molar-refractivity contribution is 6.75. The molecule has 0 saturated heterocycles. The number of carbonyl (C=O) groups excluding carboxylic acids is 1. The fraction of sp³-hybridized carbons (Fsp3) is 0.807. The van der Waals surface area contributed by atoms with Gasteiger partial charge in [-0.25, -0.2) is 4.79 Å². The van der Waals surface area contributed by atoms with Gasteiger partial charge in [0.05, 0.1) is 37.6 Å². The molecule has 11 atom stereocenters. The standard InChI is InChI=1S/C57H112O7Si4/c1-29-30-33-44(4)52(59)47(7)49(62-66(23,24)55(11,12)13)39-36-42(2)40-46(6)53(64-68(27,28)57(17,18)19)45(5)37-38-48(61-65(21,22)54(8,9)10)41-50(63-67(25,26)56(14,15)16)43(3)34-31-32-35-51(58)60-20/h29-35,37-38,42-50,52-53,59H,1,36,39-41H2,2-28H3/t42-,43+,44-,45-,46-,47-,48+,49-,50-,52-,53-/m0/s1. The third-order valence-electron chi connectivity index (χ3n) is 16.6. The van der Waals surface area contributed by atoms with Crippen LogP contribution < -0.4 is 0 Å². The summed E-state index contributed by atoms with van der Waals surface area (Å²) in [5.41, 5.74) is 0. The molecule has 0 aliphatic heterocycles. The lowest BCUT2D eigenvalue weighted by Gasteiger charge is -2.44. The minimum Gasteiger partial charge on any atom is -0.466 e. The molecular weight excluding hydrogens is 909 g/mol. The van der Waals surface area contributed by atoms with Crippen molar-refractivity contribution in [3.05, 3.63) is 61.3 Å². The highest BCUT2D eigenvalue weighted by atomic mass is 28.4. The Balaban J connectivity index is 7.22. The van der Waals surface area contributed by atoms with Gasteiger partial charge in [-0.05, 0) is 115 Å². The Hall–Kier alpha value is -1.16.